The highest BCUT2D eigenvalue weighted by Gasteiger charge is 2.64. The zero-order chi connectivity index (χ0) is 21.2. The van der Waals surface area contributed by atoms with E-state index in [1.807, 2.05) is 5.10 Å². The SMILES string of the molecule is COC[C@@]12CN(S(=O)(=O)c3ccc(-c4cc(C(F)(F)F)[nH]n4)o3)C[C@@H]1C(C)(C)C2. The van der Waals surface area contributed by atoms with Crippen LogP contribution in [0, 0.1) is 16.7 Å². The third-order valence-electron chi connectivity index (χ3n) is 6.11. The van der Waals surface area contributed by atoms with Crippen molar-refractivity contribution < 1.29 is 30.7 Å². The van der Waals surface area contributed by atoms with Gasteiger partial charge in [-0.2, -0.15) is 22.6 Å². The molecule has 2 atom stereocenters. The molecular weight excluding hydrogens is 411 g/mol. The molecular formula is C18H22F3N3O4S. The Balaban J connectivity index is 1.59. The Kier molecular flexibility index (Phi) is 4.45. The molecule has 0 amide bonds. The van der Waals surface area contributed by atoms with E-state index in [4.69, 9.17) is 9.15 Å². The first-order valence-corrected chi connectivity index (χ1v) is 10.5. The molecule has 0 radical (unpaired) electrons. The van der Waals surface area contributed by atoms with Crippen molar-refractivity contribution in [2.75, 3.05) is 26.8 Å². The topological polar surface area (TPSA) is 88.4 Å². The first kappa shape index (κ1) is 20.4. The average Bonchev–Trinajstić information content (AvgIpc) is 3.31. The van der Waals surface area contributed by atoms with Crippen LogP contribution in [0.4, 0.5) is 13.2 Å². The van der Waals surface area contributed by atoms with Gasteiger partial charge in [0.2, 0.25) is 5.09 Å². The number of hydrogen-bond acceptors (Lipinski definition) is 5. The molecule has 1 saturated heterocycles. The number of aromatic amines is 1. The summed E-state index contributed by atoms with van der Waals surface area (Å²) in [6.07, 6.45) is -3.72. The summed E-state index contributed by atoms with van der Waals surface area (Å²) in [5.41, 5.74) is -1.35. The highest BCUT2D eigenvalue weighted by atomic mass is 32.2. The lowest BCUT2D eigenvalue weighted by molar-refractivity contribution is -0.141. The number of H-pyrrole nitrogens is 1. The monoisotopic (exact) mass is 433 g/mol. The second-order valence-electron chi connectivity index (χ2n) is 8.59. The fourth-order valence-corrected chi connectivity index (χ4v) is 6.52. The number of halogens is 3. The number of alkyl halides is 3. The Hall–Kier alpha value is -1.85. The number of rotatable bonds is 5. The minimum absolute atomic E-state index is 0.0141. The van der Waals surface area contributed by atoms with E-state index in [0.29, 0.717) is 19.7 Å². The average molecular weight is 433 g/mol. The molecule has 2 aliphatic rings. The first-order valence-electron chi connectivity index (χ1n) is 9.11. The molecule has 0 aromatic carbocycles. The van der Waals surface area contributed by atoms with E-state index < -0.39 is 21.9 Å². The van der Waals surface area contributed by atoms with Crippen molar-refractivity contribution in [1.82, 2.24) is 14.5 Å². The Morgan fingerprint density at radius 3 is 2.69 bits per heavy atom. The molecule has 0 spiro atoms. The third-order valence-corrected chi connectivity index (χ3v) is 7.80. The van der Waals surface area contributed by atoms with Gasteiger partial charge in [0.1, 0.15) is 11.4 Å². The summed E-state index contributed by atoms with van der Waals surface area (Å²) in [5.74, 6) is 0.115. The molecule has 1 aliphatic carbocycles. The number of methoxy groups -OCH3 is 1. The fourth-order valence-electron chi connectivity index (χ4n) is 5.06. The molecule has 3 heterocycles. The van der Waals surface area contributed by atoms with Crippen LogP contribution in [0.1, 0.15) is 26.0 Å². The molecule has 4 rings (SSSR count). The molecule has 29 heavy (non-hydrogen) atoms. The van der Waals surface area contributed by atoms with Gasteiger partial charge >= 0.3 is 6.18 Å². The lowest BCUT2D eigenvalue weighted by Crippen LogP contribution is -2.55. The van der Waals surface area contributed by atoms with Crippen molar-refractivity contribution >= 4 is 10.0 Å². The maximum absolute atomic E-state index is 13.1. The second kappa shape index (κ2) is 6.32. The van der Waals surface area contributed by atoms with E-state index in [1.165, 1.54) is 16.4 Å². The van der Waals surface area contributed by atoms with E-state index in [1.54, 1.807) is 7.11 Å². The van der Waals surface area contributed by atoms with Crippen molar-refractivity contribution in [2.24, 2.45) is 16.7 Å². The standard InChI is InChI=1S/C18H22F3N3O4S/c1-16(2)8-17(10-27-3)9-24(7-13(16)17)29(25,26)15-5-4-12(28-15)11-6-14(23-22-11)18(19,20)21/h4-6,13H,7-10H2,1-3H3,(H,22,23)/t13-,17-/m1/s1. The number of sulfonamides is 1. The molecule has 1 aliphatic heterocycles. The van der Waals surface area contributed by atoms with Crippen molar-refractivity contribution in [3.63, 3.8) is 0 Å². The zero-order valence-corrected chi connectivity index (χ0v) is 17.0. The Labute approximate surface area is 166 Å². The molecule has 2 aromatic rings. The molecule has 0 bridgehead atoms. The van der Waals surface area contributed by atoms with Crippen LogP contribution in [0.2, 0.25) is 0 Å². The summed E-state index contributed by atoms with van der Waals surface area (Å²) in [4.78, 5) is 0. The summed E-state index contributed by atoms with van der Waals surface area (Å²) < 4.78 is 76.6. The predicted molar refractivity (Wildman–Crippen MR) is 96.2 cm³/mol. The fraction of sp³-hybridized carbons (Fsp3) is 0.611. The number of aromatic nitrogens is 2. The summed E-state index contributed by atoms with van der Waals surface area (Å²) in [6.45, 7) is 5.39. The maximum Gasteiger partial charge on any atom is 0.432 e. The van der Waals surface area contributed by atoms with Crippen LogP contribution < -0.4 is 0 Å². The minimum Gasteiger partial charge on any atom is -0.442 e. The molecule has 1 N–H and O–H groups in total. The molecule has 160 valence electrons. The normalized spacial score (nSPS) is 27.0. The molecule has 2 aromatic heterocycles. The van der Waals surface area contributed by atoms with Crippen LogP contribution in [0.15, 0.2) is 27.7 Å². The molecule has 7 nitrogen and oxygen atoms in total. The largest absolute Gasteiger partial charge is 0.442 e. The Morgan fingerprint density at radius 2 is 2.10 bits per heavy atom. The highest BCUT2D eigenvalue weighted by Crippen LogP contribution is 2.63. The number of ether oxygens (including phenoxy) is 1. The van der Waals surface area contributed by atoms with Crippen LogP contribution >= 0.6 is 0 Å². The number of nitrogens with one attached hydrogen (secondary N) is 1. The van der Waals surface area contributed by atoms with Gasteiger partial charge < -0.3 is 9.15 Å². The third kappa shape index (κ3) is 3.19. The van der Waals surface area contributed by atoms with E-state index in [9.17, 15) is 21.6 Å². The van der Waals surface area contributed by atoms with Crippen molar-refractivity contribution in [3.8, 4) is 11.5 Å². The smallest absolute Gasteiger partial charge is 0.432 e. The van der Waals surface area contributed by atoms with E-state index in [0.717, 1.165) is 12.5 Å². The van der Waals surface area contributed by atoms with E-state index in [-0.39, 0.29) is 33.3 Å². The molecule has 11 heteroatoms. The van der Waals surface area contributed by atoms with Crippen LogP contribution in [-0.4, -0.2) is 49.7 Å². The van der Waals surface area contributed by atoms with Gasteiger partial charge in [0, 0.05) is 25.6 Å². The van der Waals surface area contributed by atoms with Gasteiger partial charge in [0.15, 0.2) is 5.76 Å². The summed E-state index contributed by atoms with van der Waals surface area (Å²) >= 11 is 0. The Bertz CT molecular complexity index is 1030. The zero-order valence-electron chi connectivity index (χ0n) is 16.2. The van der Waals surface area contributed by atoms with Crippen LogP contribution in [0.25, 0.3) is 11.5 Å². The van der Waals surface area contributed by atoms with Crippen LogP contribution in [0.3, 0.4) is 0 Å². The summed E-state index contributed by atoms with van der Waals surface area (Å²) in [7, 11) is -2.33. The van der Waals surface area contributed by atoms with E-state index in [2.05, 4.69) is 18.9 Å². The lowest BCUT2D eigenvalue weighted by atomic mass is 9.48. The maximum atomic E-state index is 13.1. The van der Waals surface area contributed by atoms with Crippen LogP contribution in [-0.2, 0) is 20.9 Å². The van der Waals surface area contributed by atoms with Gasteiger partial charge in [-0.05, 0) is 36.0 Å². The second-order valence-corrected chi connectivity index (χ2v) is 10.5. The van der Waals surface area contributed by atoms with Gasteiger partial charge in [-0.15, -0.1) is 0 Å². The first-order chi connectivity index (χ1) is 13.4. The van der Waals surface area contributed by atoms with Gasteiger partial charge in [-0.25, -0.2) is 8.42 Å². The van der Waals surface area contributed by atoms with Gasteiger partial charge in [0.25, 0.3) is 10.0 Å². The molecule has 1 saturated carbocycles. The van der Waals surface area contributed by atoms with Crippen molar-refractivity contribution in [2.45, 2.75) is 31.5 Å². The van der Waals surface area contributed by atoms with Gasteiger partial charge in [-0.3, -0.25) is 5.10 Å². The van der Waals surface area contributed by atoms with Crippen molar-refractivity contribution in [3.05, 3.63) is 23.9 Å². The van der Waals surface area contributed by atoms with E-state index >= 15 is 0 Å². The Morgan fingerprint density at radius 1 is 1.38 bits per heavy atom. The minimum atomic E-state index is -4.58. The number of furan rings is 1. The quantitative estimate of drug-likeness (QED) is 0.781. The molecule has 0 unspecified atom stereocenters. The summed E-state index contributed by atoms with van der Waals surface area (Å²) in [5, 5.41) is 5.15. The van der Waals surface area contributed by atoms with Gasteiger partial charge in [-0.1, -0.05) is 13.8 Å². The predicted octanol–water partition coefficient (Wildman–Crippen LogP) is 3.37. The lowest BCUT2D eigenvalue weighted by Gasteiger charge is -2.56. The summed E-state index contributed by atoms with van der Waals surface area (Å²) in [6, 6.07) is 3.34. The highest BCUT2D eigenvalue weighted by molar-refractivity contribution is 7.89. The van der Waals surface area contributed by atoms with Crippen molar-refractivity contribution in [1.29, 1.82) is 0 Å². The van der Waals surface area contributed by atoms with Crippen LogP contribution in [0.5, 0.6) is 0 Å². The van der Waals surface area contributed by atoms with Gasteiger partial charge in [0.05, 0.1) is 6.61 Å². The number of fused-ring (bicyclic) bond motifs is 1. The molecule has 2 fully saturated rings. The number of hydrogen-bond donors (Lipinski definition) is 1. The number of nitrogens with zero attached hydrogens (tertiary/aromatic N) is 2.